The Morgan fingerprint density at radius 1 is 1.25 bits per heavy atom. The number of hydrogen-bond donors (Lipinski definition) is 1. The fourth-order valence-electron chi connectivity index (χ4n) is 2.58. The van der Waals surface area contributed by atoms with E-state index in [0.29, 0.717) is 19.0 Å². The molecule has 0 aromatic carbocycles. The number of aliphatic hydroxyl groups is 1. The van der Waals surface area contributed by atoms with Crippen LogP contribution in [0.5, 0.6) is 0 Å². The molecule has 0 bridgehead atoms. The number of nitriles is 1. The predicted molar refractivity (Wildman–Crippen MR) is 61.8 cm³/mol. The molecule has 0 amide bonds. The van der Waals surface area contributed by atoms with Crippen LogP contribution in [-0.2, 0) is 0 Å². The van der Waals surface area contributed by atoms with Crippen LogP contribution in [0.3, 0.4) is 0 Å². The van der Waals surface area contributed by atoms with Crippen molar-refractivity contribution < 1.29 is 5.11 Å². The Morgan fingerprint density at radius 3 is 2.38 bits per heavy atom. The summed E-state index contributed by atoms with van der Waals surface area (Å²) in [4.78, 5) is 4.59. The van der Waals surface area contributed by atoms with Gasteiger partial charge in [0, 0.05) is 37.6 Å². The highest BCUT2D eigenvalue weighted by molar-refractivity contribution is 5.05. The van der Waals surface area contributed by atoms with Gasteiger partial charge in [0.05, 0.1) is 12.2 Å². The lowest BCUT2D eigenvalue weighted by Gasteiger charge is -2.51. The van der Waals surface area contributed by atoms with Crippen LogP contribution in [0.1, 0.15) is 27.2 Å². The second-order valence-electron chi connectivity index (χ2n) is 5.96. The monoisotopic (exact) mass is 223 g/mol. The second kappa shape index (κ2) is 3.99. The van der Waals surface area contributed by atoms with Gasteiger partial charge in [0.15, 0.2) is 0 Å². The van der Waals surface area contributed by atoms with Gasteiger partial charge in [0.2, 0.25) is 0 Å². The third kappa shape index (κ3) is 2.08. The molecule has 0 unspecified atom stereocenters. The molecular formula is C12H21N3O. The minimum atomic E-state index is -0.312. The topological polar surface area (TPSA) is 50.5 Å². The number of hydrogen-bond acceptors (Lipinski definition) is 4. The molecular weight excluding hydrogens is 202 g/mol. The average molecular weight is 223 g/mol. The third-order valence-electron chi connectivity index (χ3n) is 3.75. The van der Waals surface area contributed by atoms with Crippen LogP contribution in [-0.4, -0.2) is 58.3 Å². The van der Waals surface area contributed by atoms with Gasteiger partial charge in [-0.1, -0.05) is 0 Å². The highest BCUT2D eigenvalue weighted by Gasteiger charge is 2.43. The lowest BCUT2D eigenvalue weighted by molar-refractivity contribution is -0.0236. The summed E-state index contributed by atoms with van der Waals surface area (Å²) in [5.74, 6) is 0. The smallest absolute Gasteiger partial charge is 0.101 e. The van der Waals surface area contributed by atoms with E-state index in [2.05, 4.69) is 36.6 Å². The Kier molecular flexibility index (Phi) is 2.95. The standard InChI is InChI=1S/C12H21N3O/c1-12(2,3)14-6-10(7-14)15-8-11(16)4-9(15)5-13/h9-11,16H,4,6-8H2,1-3H3/t9-,11-/m0/s1. The number of β-amino-alcohol motifs (C(OH)–C–C–N with tert-alkyl or cyclic N) is 1. The molecule has 90 valence electrons. The highest BCUT2D eigenvalue weighted by atomic mass is 16.3. The minimum absolute atomic E-state index is 0.0814. The van der Waals surface area contributed by atoms with Crippen molar-refractivity contribution in [2.75, 3.05) is 19.6 Å². The predicted octanol–water partition coefficient (Wildman–Crippen LogP) is 0.428. The number of nitrogens with zero attached hydrogens (tertiary/aromatic N) is 3. The van der Waals surface area contributed by atoms with E-state index in [1.165, 1.54) is 0 Å². The molecule has 2 atom stereocenters. The Balaban J connectivity index is 1.90. The summed E-state index contributed by atoms with van der Waals surface area (Å²) in [5, 5.41) is 18.6. The Morgan fingerprint density at radius 2 is 1.88 bits per heavy atom. The zero-order valence-corrected chi connectivity index (χ0v) is 10.3. The molecule has 2 fully saturated rings. The molecule has 0 aromatic rings. The first-order chi connectivity index (χ1) is 7.41. The van der Waals surface area contributed by atoms with Crippen molar-refractivity contribution in [3.8, 4) is 6.07 Å². The fourth-order valence-corrected chi connectivity index (χ4v) is 2.58. The van der Waals surface area contributed by atoms with Crippen LogP contribution in [0, 0.1) is 11.3 Å². The molecule has 0 aliphatic carbocycles. The van der Waals surface area contributed by atoms with Gasteiger partial charge in [-0.15, -0.1) is 0 Å². The first-order valence-corrected chi connectivity index (χ1v) is 6.00. The molecule has 0 radical (unpaired) electrons. The number of likely N-dealkylation sites (tertiary alicyclic amines) is 2. The minimum Gasteiger partial charge on any atom is -0.392 e. The molecule has 2 aliphatic rings. The van der Waals surface area contributed by atoms with Crippen LogP contribution in [0.4, 0.5) is 0 Å². The van der Waals surface area contributed by atoms with E-state index in [0.717, 1.165) is 13.1 Å². The van der Waals surface area contributed by atoms with Gasteiger partial charge in [0.25, 0.3) is 0 Å². The van der Waals surface area contributed by atoms with Gasteiger partial charge < -0.3 is 5.11 Å². The molecule has 0 saturated carbocycles. The van der Waals surface area contributed by atoms with Gasteiger partial charge in [-0.05, 0) is 20.8 Å². The summed E-state index contributed by atoms with van der Waals surface area (Å²) < 4.78 is 0. The van der Waals surface area contributed by atoms with Crippen molar-refractivity contribution in [2.24, 2.45) is 0 Å². The van der Waals surface area contributed by atoms with Gasteiger partial charge in [-0.25, -0.2) is 0 Å². The average Bonchev–Trinajstić information content (AvgIpc) is 2.41. The van der Waals surface area contributed by atoms with Crippen molar-refractivity contribution in [2.45, 2.75) is 50.9 Å². The maximum atomic E-state index is 9.59. The fraction of sp³-hybridized carbons (Fsp3) is 0.917. The summed E-state index contributed by atoms with van der Waals surface area (Å²) in [6.45, 7) is 9.35. The zero-order chi connectivity index (χ0) is 11.9. The maximum Gasteiger partial charge on any atom is 0.101 e. The van der Waals surface area contributed by atoms with Gasteiger partial charge in [-0.3, -0.25) is 9.80 Å². The molecule has 2 rings (SSSR count). The summed E-state index contributed by atoms with van der Waals surface area (Å²) in [7, 11) is 0. The van der Waals surface area contributed by atoms with Crippen molar-refractivity contribution >= 4 is 0 Å². The van der Waals surface area contributed by atoms with Crippen LogP contribution in [0.2, 0.25) is 0 Å². The van der Waals surface area contributed by atoms with Gasteiger partial charge in [0.1, 0.15) is 6.04 Å². The van der Waals surface area contributed by atoms with E-state index >= 15 is 0 Å². The lowest BCUT2D eigenvalue weighted by atomic mass is 9.96. The molecule has 2 saturated heterocycles. The van der Waals surface area contributed by atoms with Crippen LogP contribution in [0.25, 0.3) is 0 Å². The third-order valence-corrected chi connectivity index (χ3v) is 3.75. The summed E-state index contributed by atoms with van der Waals surface area (Å²) in [6, 6.07) is 2.67. The van der Waals surface area contributed by atoms with Crippen molar-refractivity contribution in [3.63, 3.8) is 0 Å². The highest BCUT2D eigenvalue weighted by Crippen LogP contribution is 2.29. The van der Waals surface area contributed by atoms with Crippen LogP contribution in [0.15, 0.2) is 0 Å². The van der Waals surface area contributed by atoms with Crippen LogP contribution >= 0.6 is 0 Å². The molecule has 2 heterocycles. The molecule has 4 nitrogen and oxygen atoms in total. The molecule has 1 N–H and O–H groups in total. The first kappa shape index (κ1) is 11.8. The first-order valence-electron chi connectivity index (χ1n) is 6.00. The van der Waals surface area contributed by atoms with E-state index in [4.69, 9.17) is 5.26 Å². The van der Waals surface area contributed by atoms with E-state index in [9.17, 15) is 5.11 Å². The Bertz CT molecular complexity index is 298. The summed E-state index contributed by atoms with van der Waals surface area (Å²) >= 11 is 0. The lowest BCUT2D eigenvalue weighted by Crippen LogP contribution is -2.65. The molecule has 2 aliphatic heterocycles. The largest absolute Gasteiger partial charge is 0.392 e. The second-order valence-corrected chi connectivity index (χ2v) is 5.96. The molecule has 4 heteroatoms. The molecule has 0 spiro atoms. The van der Waals surface area contributed by atoms with Crippen LogP contribution < -0.4 is 0 Å². The number of aliphatic hydroxyl groups excluding tert-OH is 1. The summed E-state index contributed by atoms with van der Waals surface area (Å²) in [5.41, 5.74) is 0.219. The van der Waals surface area contributed by atoms with Crippen molar-refractivity contribution in [1.29, 1.82) is 5.26 Å². The van der Waals surface area contributed by atoms with Gasteiger partial charge >= 0.3 is 0 Å². The van der Waals surface area contributed by atoms with E-state index in [1.807, 2.05) is 0 Å². The summed E-state index contributed by atoms with van der Waals surface area (Å²) in [6.07, 6.45) is 0.302. The van der Waals surface area contributed by atoms with Crippen molar-refractivity contribution in [3.05, 3.63) is 0 Å². The molecule has 0 aromatic heterocycles. The van der Waals surface area contributed by atoms with E-state index < -0.39 is 0 Å². The van der Waals surface area contributed by atoms with E-state index in [1.54, 1.807) is 0 Å². The Labute approximate surface area is 97.4 Å². The Hall–Kier alpha value is -0.630. The molecule has 16 heavy (non-hydrogen) atoms. The maximum absolute atomic E-state index is 9.59. The quantitative estimate of drug-likeness (QED) is 0.700. The van der Waals surface area contributed by atoms with Gasteiger partial charge in [-0.2, -0.15) is 5.26 Å². The van der Waals surface area contributed by atoms with Crippen molar-refractivity contribution in [1.82, 2.24) is 9.80 Å². The normalized spacial score (nSPS) is 33.7. The van der Waals surface area contributed by atoms with E-state index in [-0.39, 0.29) is 17.7 Å². The zero-order valence-electron chi connectivity index (χ0n) is 10.3. The number of rotatable bonds is 1. The SMILES string of the molecule is CC(C)(C)N1CC(N2C[C@@H](O)C[C@H]2C#N)C1.